The van der Waals surface area contributed by atoms with Gasteiger partial charge in [0.2, 0.25) is 0 Å². The van der Waals surface area contributed by atoms with Gasteiger partial charge >= 0.3 is 0 Å². The number of hydrogen-bond acceptors (Lipinski definition) is 4. The topological polar surface area (TPSA) is 76.7 Å². The van der Waals surface area contributed by atoms with Crippen LogP contribution in [0.25, 0.3) is 0 Å². The van der Waals surface area contributed by atoms with Gasteiger partial charge in [0.05, 0.1) is 24.6 Å². The maximum absolute atomic E-state index is 12.7. The molecule has 0 fully saturated rings. The highest BCUT2D eigenvalue weighted by molar-refractivity contribution is 6.30. The molecule has 3 rings (SSSR count). The summed E-state index contributed by atoms with van der Waals surface area (Å²) < 4.78 is 11.4. The Kier molecular flexibility index (Phi) is 7.51. The lowest BCUT2D eigenvalue weighted by Gasteiger charge is -2.18. The van der Waals surface area contributed by atoms with E-state index in [1.807, 2.05) is 19.9 Å². The molecule has 0 aliphatic carbocycles. The van der Waals surface area contributed by atoms with Gasteiger partial charge in [0.15, 0.2) is 0 Å². The lowest BCUT2D eigenvalue weighted by atomic mass is 10.1. The second-order valence-electron chi connectivity index (χ2n) is 6.49. The Morgan fingerprint density at radius 3 is 1.65 bits per heavy atom. The smallest absolute Gasteiger partial charge is 0.255 e. The summed E-state index contributed by atoms with van der Waals surface area (Å²) in [6.07, 6.45) is 0. The Bertz CT molecular complexity index is 1050. The second-order valence-corrected chi connectivity index (χ2v) is 6.93. The first-order valence-corrected chi connectivity index (χ1v) is 10.3. The number of benzene rings is 3. The highest BCUT2D eigenvalue weighted by atomic mass is 35.5. The Morgan fingerprint density at radius 1 is 0.742 bits per heavy atom. The van der Waals surface area contributed by atoms with Crippen molar-refractivity contribution >= 4 is 34.8 Å². The first-order chi connectivity index (χ1) is 15.0. The van der Waals surface area contributed by atoms with Crippen molar-refractivity contribution in [2.45, 2.75) is 13.8 Å². The minimum Gasteiger partial charge on any atom is -0.492 e. The molecule has 2 N–H and O–H groups in total. The molecule has 0 aliphatic heterocycles. The zero-order valence-corrected chi connectivity index (χ0v) is 18.0. The van der Waals surface area contributed by atoms with Crippen LogP contribution in [0, 0.1) is 0 Å². The van der Waals surface area contributed by atoms with E-state index in [9.17, 15) is 9.59 Å². The molecule has 0 atom stereocenters. The van der Waals surface area contributed by atoms with Gasteiger partial charge in [-0.15, -0.1) is 0 Å². The van der Waals surface area contributed by atoms with Crippen LogP contribution in [0.4, 0.5) is 11.4 Å². The Balaban J connectivity index is 1.92. The third-order valence-corrected chi connectivity index (χ3v) is 4.57. The van der Waals surface area contributed by atoms with Gasteiger partial charge in [-0.25, -0.2) is 0 Å². The number of nitrogens with one attached hydrogen (secondary N) is 2. The van der Waals surface area contributed by atoms with E-state index in [1.165, 1.54) is 0 Å². The van der Waals surface area contributed by atoms with Crippen molar-refractivity contribution in [3.8, 4) is 11.5 Å². The minimum absolute atomic E-state index is 0.276. The van der Waals surface area contributed by atoms with Crippen LogP contribution >= 0.6 is 11.6 Å². The number of ether oxygens (including phenoxy) is 2. The predicted molar refractivity (Wildman–Crippen MR) is 123 cm³/mol. The maximum Gasteiger partial charge on any atom is 0.255 e. The summed E-state index contributed by atoms with van der Waals surface area (Å²) in [4.78, 5) is 25.3. The van der Waals surface area contributed by atoms with Crippen LogP contribution in [0.15, 0.2) is 66.7 Å². The summed E-state index contributed by atoms with van der Waals surface area (Å²) in [5, 5.41) is 6.25. The monoisotopic (exact) mass is 438 g/mol. The van der Waals surface area contributed by atoms with Gasteiger partial charge < -0.3 is 20.1 Å². The summed E-state index contributed by atoms with van der Waals surface area (Å²) in [5.74, 6) is 0.237. The average Bonchev–Trinajstić information content (AvgIpc) is 2.77. The molecule has 0 radical (unpaired) electrons. The van der Waals surface area contributed by atoms with Gasteiger partial charge in [-0.3, -0.25) is 9.59 Å². The van der Waals surface area contributed by atoms with Crippen molar-refractivity contribution < 1.29 is 19.1 Å². The van der Waals surface area contributed by atoms with E-state index in [0.29, 0.717) is 52.2 Å². The molecule has 3 aromatic rings. The Hall–Kier alpha value is -3.51. The van der Waals surface area contributed by atoms with E-state index in [1.54, 1.807) is 60.7 Å². The van der Waals surface area contributed by atoms with E-state index in [-0.39, 0.29) is 11.8 Å². The molecular formula is C24H23ClN2O4. The Labute approximate surface area is 186 Å². The van der Waals surface area contributed by atoms with E-state index < -0.39 is 0 Å². The van der Waals surface area contributed by atoms with Crippen LogP contribution < -0.4 is 20.1 Å². The SMILES string of the molecule is CCOc1cc(NC(=O)c2ccc(Cl)cc2)c(OCC)cc1NC(=O)c1ccccc1. The second kappa shape index (κ2) is 10.5. The molecule has 0 saturated carbocycles. The highest BCUT2D eigenvalue weighted by Crippen LogP contribution is 2.37. The maximum atomic E-state index is 12.7. The third-order valence-electron chi connectivity index (χ3n) is 4.32. The molecule has 0 aliphatic rings. The molecule has 0 saturated heterocycles. The van der Waals surface area contributed by atoms with Crippen molar-refractivity contribution in [2.24, 2.45) is 0 Å². The molecular weight excluding hydrogens is 416 g/mol. The molecule has 7 heteroatoms. The first-order valence-electron chi connectivity index (χ1n) is 9.88. The fourth-order valence-electron chi connectivity index (χ4n) is 2.88. The fourth-order valence-corrected chi connectivity index (χ4v) is 3.01. The van der Waals surface area contributed by atoms with Crippen LogP contribution in [-0.4, -0.2) is 25.0 Å². The van der Waals surface area contributed by atoms with Crippen LogP contribution in [0.1, 0.15) is 34.6 Å². The van der Waals surface area contributed by atoms with E-state index >= 15 is 0 Å². The number of anilines is 2. The Morgan fingerprint density at radius 2 is 1.19 bits per heavy atom. The van der Waals surface area contributed by atoms with Crippen molar-refractivity contribution in [3.05, 3.63) is 82.9 Å². The van der Waals surface area contributed by atoms with Gasteiger partial charge in [-0.1, -0.05) is 29.8 Å². The van der Waals surface area contributed by atoms with Crippen molar-refractivity contribution in [3.63, 3.8) is 0 Å². The summed E-state index contributed by atoms with van der Waals surface area (Å²) in [6, 6.07) is 18.7. The fraction of sp³-hybridized carbons (Fsp3) is 0.167. The highest BCUT2D eigenvalue weighted by Gasteiger charge is 2.17. The number of halogens is 1. The number of rotatable bonds is 8. The number of carbonyl (C=O) groups excluding carboxylic acids is 2. The average molecular weight is 439 g/mol. The summed E-state index contributed by atoms with van der Waals surface area (Å²) >= 11 is 5.90. The predicted octanol–water partition coefficient (Wildman–Crippen LogP) is 5.64. The molecule has 0 heterocycles. The zero-order chi connectivity index (χ0) is 22.2. The molecule has 0 unspecified atom stereocenters. The minimum atomic E-state index is -0.318. The summed E-state index contributed by atoms with van der Waals surface area (Å²) in [6.45, 7) is 4.44. The number of hydrogen-bond donors (Lipinski definition) is 2. The molecule has 6 nitrogen and oxygen atoms in total. The lowest BCUT2D eigenvalue weighted by Crippen LogP contribution is -2.15. The normalized spacial score (nSPS) is 10.3. The molecule has 2 amide bonds. The number of amides is 2. The van der Waals surface area contributed by atoms with Crippen molar-refractivity contribution in [1.82, 2.24) is 0 Å². The zero-order valence-electron chi connectivity index (χ0n) is 17.3. The first kappa shape index (κ1) is 22.2. The van der Waals surface area contributed by atoms with Crippen molar-refractivity contribution in [1.29, 1.82) is 0 Å². The third kappa shape index (κ3) is 5.77. The number of carbonyl (C=O) groups is 2. The molecule has 0 bridgehead atoms. The van der Waals surface area contributed by atoms with Gasteiger partial charge in [0, 0.05) is 28.3 Å². The summed E-state index contributed by atoms with van der Waals surface area (Å²) in [7, 11) is 0. The van der Waals surface area contributed by atoms with Crippen LogP contribution in [0.3, 0.4) is 0 Å². The van der Waals surface area contributed by atoms with Gasteiger partial charge in [0.25, 0.3) is 11.8 Å². The van der Waals surface area contributed by atoms with E-state index in [2.05, 4.69) is 10.6 Å². The molecule has 0 spiro atoms. The molecule has 160 valence electrons. The van der Waals surface area contributed by atoms with E-state index in [4.69, 9.17) is 21.1 Å². The van der Waals surface area contributed by atoms with Gasteiger partial charge in [0.1, 0.15) is 11.5 Å². The molecule has 0 aromatic heterocycles. The standard InChI is InChI=1S/C24H23ClN2O4/c1-3-30-21-15-20(27-24(29)17-10-12-18(25)13-11-17)22(31-4-2)14-19(21)26-23(28)16-8-6-5-7-9-16/h5-15H,3-4H2,1-2H3,(H,26,28)(H,27,29). The molecule has 31 heavy (non-hydrogen) atoms. The van der Waals surface area contributed by atoms with Gasteiger partial charge in [-0.05, 0) is 50.2 Å². The largest absolute Gasteiger partial charge is 0.492 e. The van der Waals surface area contributed by atoms with Crippen molar-refractivity contribution in [2.75, 3.05) is 23.8 Å². The molecule has 3 aromatic carbocycles. The van der Waals surface area contributed by atoms with E-state index in [0.717, 1.165) is 0 Å². The lowest BCUT2D eigenvalue weighted by molar-refractivity contribution is 0.101. The van der Waals surface area contributed by atoms with Crippen LogP contribution in [-0.2, 0) is 0 Å². The summed E-state index contributed by atoms with van der Waals surface area (Å²) in [5.41, 5.74) is 1.85. The van der Waals surface area contributed by atoms with Gasteiger partial charge in [-0.2, -0.15) is 0 Å². The van der Waals surface area contributed by atoms with Crippen LogP contribution in [0.5, 0.6) is 11.5 Å². The quantitative estimate of drug-likeness (QED) is 0.477. The van der Waals surface area contributed by atoms with Crippen LogP contribution in [0.2, 0.25) is 5.02 Å².